The molecule has 7 nitrogen and oxygen atoms in total. The fourth-order valence-electron chi connectivity index (χ4n) is 3.05. The molecule has 0 aliphatic rings. The number of aromatic nitrogens is 2. The van der Waals surface area contributed by atoms with E-state index in [2.05, 4.69) is 27.5 Å². The summed E-state index contributed by atoms with van der Waals surface area (Å²) in [7, 11) is 3.88. The number of nitrogens with zero attached hydrogens (tertiary/aromatic N) is 3. The molecule has 0 bridgehead atoms. The first kappa shape index (κ1) is 23.1. The van der Waals surface area contributed by atoms with Gasteiger partial charge in [-0.05, 0) is 61.9 Å². The van der Waals surface area contributed by atoms with Gasteiger partial charge in [-0.25, -0.2) is 4.98 Å². The highest BCUT2D eigenvalue weighted by molar-refractivity contribution is 6.04. The van der Waals surface area contributed by atoms with Gasteiger partial charge in [-0.15, -0.1) is 0 Å². The molecule has 0 saturated carbocycles. The molecule has 0 radical (unpaired) electrons. The number of hydrogen-bond acceptors (Lipinski definition) is 6. The van der Waals surface area contributed by atoms with Gasteiger partial charge in [0.15, 0.2) is 0 Å². The van der Waals surface area contributed by atoms with Crippen LogP contribution in [0.3, 0.4) is 0 Å². The second-order valence-corrected chi connectivity index (χ2v) is 7.82. The van der Waals surface area contributed by atoms with Crippen LogP contribution < -0.4 is 20.3 Å². The fraction of sp³-hybridized carbons (Fsp3) is 0.320. The molecule has 2 N–H and O–H groups in total. The van der Waals surface area contributed by atoms with Crippen LogP contribution in [0, 0.1) is 6.92 Å². The topological polar surface area (TPSA) is 79.4 Å². The Morgan fingerprint density at radius 2 is 1.66 bits per heavy atom. The van der Waals surface area contributed by atoms with Gasteiger partial charge in [-0.1, -0.05) is 19.8 Å². The van der Waals surface area contributed by atoms with Crippen molar-refractivity contribution in [3.05, 3.63) is 65.9 Å². The predicted molar refractivity (Wildman–Crippen MR) is 130 cm³/mol. The average Bonchev–Trinajstić information content (AvgIpc) is 2.78. The maximum absolute atomic E-state index is 12.5. The molecular weight excluding hydrogens is 402 g/mol. The van der Waals surface area contributed by atoms with Crippen molar-refractivity contribution in [3.8, 4) is 5.75 Å². The molecule has 3 aromatic rings. The smallest absolute Gasteiger partial charge is 0.255 e. The van der Waals surface area contributed by atoms with Crippen molar-refractivity contribution in [2.45, 2.75) is 33.1 Å². The molecule has 0 atom stereocenters. The average molecular weight is 434 g/mol. The zero-order valence-electron chi connectivity index (χ0n) is 19.2. The molecule has 0 fully saturated rings. The molecule has 3 rings (SSSR count). The van der Waals surface area contributed by atoms with Crippen LogP contribution in [0.5, 0.6) is 5.75 Å². The van der Waals surface area contributed by atoms with Crippen molar-refractivity contribution in [1.82, 2.24) is 9.97 Å². The lowest BCUT2D eigenvalue weighted by Crippen LogP contribution is -2.13. The third-order valence-corrected chi connectivity index (χ3v) is 4.83. The lowest BCUT2D eigenvalue weighted by atomic mass is 10.2. The Hall–Kier alpha value is -3.61. The van der Waals surface area contributed by atoms with E-state index in [0.717, 1.165) is 42.2 Å². The van der Waals surface area contributed by atoms with Gasteiger partial charge in [0.2, 0.25) is 5.95 Å². The first-order valence-electron chi connectivity index (χ1n) is 10.9. The van der Waals surface area contributed by atoms with Crippen molar-refractivity contribution in [1.29, 1.82) is 0 Å². The largest absolute Gasteiger partial charge is 0.494 e. The number of hydrogen-bond donors (Lipinski definition) is 2. The molecule has 168 valence electrons. The first-order chi connectivity index (χ1) is 15.4. The van der Waals surface area contributed by atoms with Gasteiger partial charge in [0.1, 0.15) is 11.6 Å². The molecule has 2 aromatic carbocycles. The molecule has 32 heavy (non-hydrogen) atoms. The summed E-state index contributed by atoms with van der Waals surface area (Å²) >= 11 is 0. The van der Waals surface area contributed by atoms with Gasteiger partial charge >= 0.3 is 0 Å². The number of anilines is 4. The third kappa shape index (κ3) is 6.70. The van der Waals surface area contributed by atoms with Crippen molar-refractivity contribution < 1.29 is 9.53 Å². The van der Waals surface area contributed by atoms with Gasteiger partial charge in [0, 0.05) is 42.8 Å². The number of carbonyl (C=O) groups excluding carboxylic acids is 1. The van der Waals surface area contributed by atoms with Crippen molar-refractivity contribution in [2.75, 3.05) is 36.2 Å². The second kappa shape index (κ2) is 11.1. The standard InChI is InChI=1S/C25H31N5O2/c1-5-6-7-16-32-22-14-8-19(9-15-22)24(31)27-20-10-12-21(13-11-20)28-25-26-18(2)17-23(29-25)30(3)4/h8-15,17H,5-7,16H2,1-4H3,(H,27,31)(H,26,28,29). The summed E-state index contributed by atoms with van der Waals surface area (Å²) in [6, 6.07) is 16.6. The summed E-state index contributed by atoms with van der Waals surface area (Å²) in [5, 5.41) is 6.12. The Bertz CT molecular complexity index is 1020. The van der Waals surface area contributed by atoms with Crippen LogP contribution in [0.2, 0.25) is 0 Å². The van der Waals surface area contributed by atoms with Crippen LogP contribution in [-0.2, 0) is 0 Å². The molecular formula is C25H31N5O2. The van der Waals surface area contributed by atoms with Gasteiger partial charge in [0.05, 0.1) is 6.61 Å². The van der Waals surface area contributed by atoms with Crippen LogP contribution in [-0.4, -0.2) is 36.6 Å². The van der Waals surface area contributed by atoms with E-state index in [1.165, 1.54) is 0 Å². The highest BCUT2D eigenvalue weighted by Gasteiger charge is 2.08. The van der Waals surface area contributed by atoms with Crippen LogP contribution in [0.1, 0.15) is 42.2 Å². The molecule has 1 aromatic heterocycles. The minimum Gasteiger partial charge on any atom is -0.494 e. The second-order valence-electron chi connectivity index (χ2n) is 7.82. The fourth-order valence-corrected chi connectivity index (χ4v) is 3.05. The lowest BCUT2D eigenvalue weighted by Gasteiger charge is -2.14. The monoisotopic (exact) mass is 433 g/mol. The van der Waals surface area contributed by atoms with Crippen molar-refractivity contribution >= 4 is 29.0 Å². The van der Waals surface area contributed by atoms with E-state index in [1.807, 2.05) is 68.4 Å². The van der Waals surface area contributed by atoms with Crippen molar-refractivity contribution in [3.63, 3.8) is 0 Å². The van der Waals surface area contributed by atoms with E-state index in [-0.39, 0.29) is 5.91 Å². The summed E-state index contributed by atoms with van der Waals surface area (Å²) < 4.78 is 5.70. The summed E-state index contributed by atoms with van der Waals surface area (Å²) in [4.78, 5) is 23.4. The Balaban J connectivity index is 1.57. The number of amides is 1. The summed E-state index contributed by atoms with van der Waals surface area (Å²) in [6.07, 6.45) is 3.36. The Morgan fingerprint density at radius 1 is 0.969 bits per heavy atom. The highest BCUT2D eigenvalue weighted by atomic mass is 16.5. The number of unbranched alkanes of at least 4 members (excludes halogenated alkanes) is 2. The van der Waals surface area contributed by atoms with E-state index in [0.29, 0.717) is 23.8 Å². The molecule has 0 spiro atoms. The zero-order chi connectivity index (χ0) is 22.9. The normalized spacial score (nSPS) is 10.5. The maximum Gasteiger partial charge on any atom is 0.255 e. The van der Waals surface area contributed by atoms with E-state index < -0.39 is 0 Å². The van der Waals surface area contributed by atoms with Crippen molar-refractivity contribution in [2.24, 2.45) is 0 Å². The number of benzene rings is 2. The Kier molecular flexibility index (Phi) is 8.02. The quantitative estimate of drug-likeness (QED) is 0.416. The van der Waals surface area contributed by atoms with E-state index in [1.54, 1.807) is 12.1 Å². The van der Waals surface area contributed by atoms with Crippen LogP contribution in [0.15, 0.2) is 54.6 Å². The zero-order valence-corrected chi connectivity index (χ0v) is 19.2. The predicted octanol–water partition coefficient (Wildman–Crippen LogP) is 5.42. The van der Waals surface area contributed by atoms with E-state index in [4.69, 9.17) is 4.74 Å². The minimum atomic E-state index is -0.166. The molecule has 7 heteroatoms. The van der Waals surface area contributed by atoms with E-state index in [9.17, 15) is 4.79 Å². The van der Waals surface area contributed by atoms with Gasteiger partial charge < -0.3 is 20.3 Å². The molecule has 1 amide bonds. The number of nitrogens with one attached hydrogen (secondary N) is 2. The van der Waals surface area contributed by atoms with Crippen LogP contribution >= 0.6 is 0 Å². The minimum absolute atomic E-state index is 0.166. The molecule has 0 saturated heterocycles. The Labute approximate surface area is 189 Å². The highest BCUT2D eigenvalue weighted by Crippen LogP contribution is 2.20. The first-order valence-corrected chi connectivity index (χ1v) is 10.9. The molecule has 0 unspecified atom stereocenters. The van der Waals surface area contributed by atoms with Gasteiger partial charge in [-0.3, -0.25) is 4.79 Å². The SMILES string of the molecule is CCCCCOc1ccc(C(=O)Nc2ccc(Nc3nc(C)cc(N(C)C)n3)cc2)cc1. The number of rotatable bonds is 10. The maximum atomic E-state index is 12.5. The summed E-state index contributed by atoms with van der Waals surface area (Å²) in [6.45, 7) is 4.80. The third-order valence-electron chi connectivity index (χ3n) is 4.83. The van der Waals surface area contributed by atoms with Gasteiger partial charge in [-0.2, -0.15) is 4.98 Å². The molecule has 0 aliphatic carbocycles. The van der Waals surface area contributed by atoms with Gasteiger partial charge in [0.25, 0.3) is 5.91 Å². The number of aryl methyl sites for hydroxylation is 1. The van der Waals surface area contributed by atoms with Crippen LogP contribution in [0.25, 0.3) is 0 Å². The number of ether oxygens (including phenoxy) is 1. The van der Waals surface area contributed by atoms with E-state index >= 15 is 0 Å². The van der Waals surface area contributed by atoms with Crippen LogP contribution in [0.4, 0.5) is 23.1 Å². The summed E-state index contributed by atoms with van der Waals surface area (Å²) in [5.74, 6) is 1.98. The molecule has 0 aliphatic heterocycles. The molecule has 1 heterocycles. The number of carbonyl (C=O) groups is 1. The Morgan fingerprint density at radius 3 is 2.31 bits per heavy atom. The lowest BCUT2D eigenvalue weighted by molar-refractivity contribution is 0.102. The summed E-state index contributed by atoms with van der Waals surface area (Å²) in [5.41, 5.74) is 3.01.